The Hall–Kier alpha value is -2.02. The molecule has 0 amide bonds. The van der Waals surface area contributed by atoms with E-state index in [1.54, 1.807) is 0 Å². The van der Waals surface area contributed by atoms with Gasteiger partial charge in [0.25, 0.3) is 5.92 Å². The van der Waals surface area contributed by atoms with Crippen LogP contribution >= 0.6 is 12.4 Å². The van der Waals surface area contributed by atoms with E-state index in [-0.39, 0.29) is 18.0 Å². The van der Waals surface area contributed by atoms with Crippen molar-refractivity contribution in [2.45, 2.75) is 12.0 Å². The van der Waals surface area contributed by atoms with Gasteiger partial charge in [0.15, 0.2) is 5.75 Å². The number of nitro benzene ring substituents is 1. The second-order valence-electron chi connectivity index (χ2n) is 3.70. The molecule has 0 aliphatic rings. The molecule has 110 valence electrons. The van der Waals surface area contributed by atoms with Crippen molar-refractivity contribution < 1.29 is 23.9 Å². The molecule has 0 bridgehead atoms. The van der Waals surface area contributed by atoms with Crippen LogP contribution in [0.3, 0.4) is 0 Å². The Balaban J connectivity index is 0.00000361. The molecule has 1 aromatic rings. The summed E-state index contributed by atoms with van der Waals surface area (Å²) in [5, 5.41) is 37.4. The van der Waals surface area contributed by atoms with Crippen molar-refractivity contribution in [3.05, 3.63) is 33.4 Å². The van der Waals surface area contributed by atoms with Crippen molar-refractivity contribution in [1.29, 1.82) is 5.26 Å². The maximum atomic E-state index is 13.2. The van der Waals surface area contributed by atoms with Gasteiger partial charge in [-0.05, 0) is 6.07 Å². The Labute approximate surface area is 117 Å². The number of alkyl halides is 2. The Morgan fingerprint density at radius 2 is 2.10 bits per heavy atom. The fourth-order valence-corrected chi connectivity index (χ4v) is 1.41. The van der Waals surface area contributed by atoms with Crippen LogP contribution in [0.25, 0.3) is 0 Å². The van der Waals surface area contributed by atoms with Gasteiger partial charge in [-0.15, -0.1) is 12.4 Å². The zero-order valence-electron chi connectivity index (χ0n) is 9.79. The fourth-order valence-electron chi connectivity index (χ4n) is 1.41. The molecule has 4 N–H and O–H groups in total. The summed E-state index contributed by atoms with van der Waals surface area (Å²) < 4.78 is 26.5. The molecular formula is C10H10ClF2N3O4. The summed E-state index contributed by atoms with van der Waals surface area (Å²) in [5.41, 5.74) is 3.29. The summed E-state index contributed by atoms with van der Waals surface area (Å²) >= 11 is 0. The molecule has 1 atom stereocenters. The largest absolute Gasteiger partial charge is 0.502 e. The predicted octanol–water partition coefficient (Wildman–Crippen LogP) is 1.22. The quantitative estimate of drug-likeness (QED) is 0.565. The van der Waals surface area contributed by atoms with Gasteiger partial charge in [0.1, 0.15) is 12.6 Å². The summed E-state index contributed by atoms with van der Waals surface area (Å²) in [6.45, 7) is -1.60. The maximum Gasteiger partial charge on any atom is 0.312 e. The van der Waals surface area contributed by atoms with Gasteiger partial charge in [-0.3, -0.25) is 10.1 Å². The first-order chi connectivity index (χ1) is 8.74. The molecule has 1 rings (SSSR count). The number of nitrogens with two attached hydrogens (primary N) is 1. The van der Waals surface area contributed by atoms with Gasteiger partial charge in [-0.2, -0.15) is 5.26 Å². The molecular weight excluding hydrogens is 300 g/mol. The molecule has 1 aromatic carbocycles. The van der Waals surface area contributed by atoms with Gasteiger partial charge in [0.2, 0.25) is 0 Å². The Bertz CT molecular complexity index is 562. The highest BCUT2D eigenvalue weighted by Gasteiger charge is 2.40. The van der Waals surface area contributed by atoms with Gasteiger partial charge in [0.05, 0.1) is 16.6 Å². The highest BCUT2D eigenvalue weighted by atomic mass is 35.5. The second-order valence-corrected chi connectivity index (χ2v) is 3.70. The van der Waals surface area contributed by atoms with Crippen molar-refractivity contribution >= 4 is 18.1 Å². The Morgan fingerprint density at radius 3 is 2.50 bits per heavy atom. The molecule has 7 nitrogen and oxygen atoms in total. The lowest BCUT2D eigenvalue weighted by atomic mass is 9.98. The lowest BCUT2D eigenvalue weighted by Gasteiger charge is -2.22. The molecule has 0 fully saturated rings. The standard InChI is InChI=1S/C10H9F2N3O4.ClH/c11-10(12,4-16)9(14)6-1-5(3-13)2-7(8(6)17)15(18)19;/h1-2,9,16-17H,4,14H2;1H/t9-;/m0./s1. The molecule has 0 saturated heterocycles. The zero-order valence-corrected chi connectivity index (χ0v) is 10.6. The van der Waals surface area contributed by atoms with Crippen LogP contribution in [-0.2, 0) is 0 Å². The molecule has 0 unspecified atom stereocenters. The molecule has 0 radical (unpaired) electrons. The van der Waals surface area contributed by atoms with Crippen molar-refractivity contribution in [2.24, 2.45) is 5.73 Å². The van der Waals surface area contributed by atoms with Crippen LogP contribution in [-0.4, -0.2) is 27.7 Å². The van der Waals surface area contributed by atoms with Gasteiger partial charge in [-0.25, -0.2) is 8.78 Å². The smallest absolute Gasteiger partial charge is 0.312 e. The van der Waals surface area contributed by atoms with E-state index in [9.17, 15) is 24.0 Å². The molecule has 0 aliphatic carbocycles. The molecule has 20 heavy (non-hydrogen) atoms. The van der Waals surface area contributed by atoms with Crippen molar-refractivity contribution in [3.63, 3.8) is 0 Å². The summed E-state index contributed by atoms with van der Waals surface area (Å²) in [7, 11) is 0. The fraction of sp³-hybridized carbons (Fsp3) is 0.300. The van der Waals surface area contributed by atoms with E-state index in [1.807, 2.05) is 0 Å². The minimum atomic E-state index is -3.79. The van der Waals surface area contributed by atoms with E-state index in [0.29, 0.717) is 0 Å². The number of aromatic hydroxyl groups is 1. The second kappa shape index (κ2) is 6.42. The number of aliphatic hydroxyl groups excluding tert-OH is 1. The highest BCUT2D eigenvalue weighted by Crippen LogP contribution is 2.39. The molecule has 0 saturated carbocycles. The van der Waals surface area contributed by atoms with Crippen LogP contribution in [0.5, 0.6) is 5.75 Å². The zero-order chi connectivity index (χ0) is 14.8. The van der Waals surface area contributed by atoms with Crippen LogP contribution in [0.2, 0.25) is 0 Å². The third-order valence-electron chi connectivity index (χ3n) is 2.45. The van der Waals surface area contributed by atoms with Crippen molar-refractivity contribution in [3.8, 4) is 11.8 Å². The number of nitrogens with zero attached hydrogens (tertiary/aromatic N) is 2. The number of nitriles is 1. The summed E-state index contributed by atoms with van der Waals surface area (Å²) in [6.07, 6.45) is 0. The number of hydrogen-bond donors (Lipinski definition) is 3. The van der Waals surface area contributed by atoms with Gasteiger partial charge < -0.3 is 15.9 Å². The summed E-state index contributed by atoms with van der Waals surface area (Å²) in [5.74, 6) is -4.84. The Morgan fingerprint density at radius 1 is 1.55 bits per heavy atom. The van der Waals surface area contributed by atoms with Gasteiger partial charge >= 0.3 is 5.69 Å². The van der Waals surface area contributed by atoms with E-state index in [4.69, 9.17) is 16.1 Å². The van der Waals surface area contributed by atoms with Gasteiger partial charge in [0, 0.05) is 11.6 Å². The van der Waals surface area contributed by atoms with Crippen LogP contribution in [0.4, 0.5) is 14.5 Å². The first-order valence-corrected chi connectivity index (χ1v) is 4.90. The van der Waals surface area contributed by atoms with Crippen LogP contribution in [0, 0.1) is 21.4 Å². The number of phenolic OH excluding ortho intramolecular Hbond substituents is 1. The van der Waals surface area contributed by atoms with E-state index >= 15 is 0 Å². The topological polar surface area (TPSA) is 133 Å². The number of halogens is 3. The molecule has 0 heterocycles. The third kappa shape index (κ3) is 3.30. The first kappa shape index (κ1) is 18.0. The number of benzene rings is 1. The van der Waals surface area contributed by atoms with Crippen LogP contribution in [0.15, 0.2) is 12.1 Å². The van der Waals surface area contributed by atoms with E-state index in [1.165, 1.54) is 6.07 Å². The molecule has 0 spiro atoms. The number of nitro groups is 1. The monoisotopic (exact) mass is 309 g/mol. The average Bonchev–Trinajstić information content (AvgIpc) is 2.37. The number of hydrogen-bond acceptors (Lipinski definition) is 6. The minimum Gasteiger partial charge on any atom is -0.502 e. The molecule has 0 aliphatic heterocycles. The van der Waals surface area contributed by atoms with Crippen LogP contribution < -0.4 is 5.73 Å². The highest BCUT2D eigenvalue weighted by molar-refractivity contribution is 5.85. The first-order valence-electron chi connectivity index (χ1n) is 4.90. The van der Waals surface area contributed by atoms with E-state index in [2.05, 4.69) is 0 Å². The van der Waals surface area contributed by atoms with Gasteiger partial charge in [-0.1, -0.05) is 0 Å². The predicted molar refractivity (Wildman–Crippen MR) is 65.7 cm³/mol. The maximum absolute atomic E-state index is 13.2. The lowest BCUT2D eigenvalue weighted by molar-refractivity contribution is -0.386. The average molecular weight is 310 g/mol. The van der Waals surface area contributed by atoms with Crippen molar-refractivity contribution in [1.82, 2.24) is 0 Å². The summed E-state index contributed by atoms with van der Waals surface area (Å²) in [6, 6.07) is 0.914. The lowest BCUT2D eigenvalue weighted by Crippen LogP contribution is -2.36. The normalized spacial score (nSPS) is 12.2. The minimum absolute atomic E-state index is 0. The third-order valence-corrected chi connectivity index (χ3v) is 2.45. The number of rotatable bonds is 4. The van der Waals surface area contributed by atoms with E-state index in [0.717, 1.165) is 12.1 Å². The van der Waals surface area contributed by atoms with E-state index < -0.39 is 40.5 Å². The number of phenols is 1. The van der Waals surface area contributed by atoms with Crippen molar-refractivity contribution in [2.75, 3.05) is 6.61 Å². The molecule has 10 heteroatoms. The number of aliphatic hydroxyl groups is 1. The SMILES string of the molecule is Cl.N#Cc1cc([C@H](N)C(F)(F)CO)c(O)c([N+](=O)[O-])c1. The Kier molecular flexibility index (Phi) is 5.78. The summed E-state index contributed by atoms with van der Waals surface area (Å²) in [4.78, 5) is 9.62. The molecule has 0 aromatic heterocycles. The van der Waals surface area contributed by atoms with Crippen LogP contribution in [0.1, 0.15) is 17.2 Å².